The smallest absolute Gasteiger partial charge is 0.0707 e. The molecule has 0 bridgehead atoms. The topological polar surface area (TPSA) is 41.7 Å². The van der Waals surface area contributed by atoms with Gasteiger partial charge in [-0.3, -0.25) is 4.90 Å². The molecule has 0 aromatic heterocycles. The van der Waals surface area contributed by atoms with Crippen molar-refractivity contribution in [3.8, 4) is 0 Å². The van der Waals surface area contributed by atoms with Crippen LogP contribution in [0.25, 0.3) is 0 Å². The summed E-state index contributed by atoms with van der Waals surface area (Å²) in [5, 5.41) is 0. The van der Waals surface area contributed by atoms with Crippen molar-refractivity contribution < 1.29 is 4.74 Å². The first kappa shape index (κ1) is 14.3. The van der Waals surface area contributed by atoms with E-state index < -0.39 is 0 Å². The van der Waals surface area contributed by atoms with Crippen LogP contribution in [0.1, 0.15) is 26.7 Å². The first-order valence-electron chi connectivity index (χ1n) is 7.47. The lowest BCUT2D eigenvalue weighted by atomic mass is 10.1. The fourth-order valence-electron chi connectivity index (χ4n) is 3.05. The summed E-state index contributed by atoms with van der Waals surface area (Å²) in [6.07, 6.45) is 3.08. The highest BCUT2D eigenvalue weighted by atomic mass is 16.5. The van der Waals surface area contributed by atoms with Crippen molar-refractivity contribution in [1.82, 2.24) is 9.80 Å². The Morgan fingerprint density at radius 3 is 2.22 bits per heavy atom. The highest BCUT2D eigenvalue weighted by molar-refractivity contribution is 4.80. The molecule has 0 amide bonds. The Labute approximate surface area is 111 Å². The molecular formula is C14H29N3O. The maximum atomic E-state index is 5.92. The molecule has 0 saturated carbocycles. The monoisotopic (exact) mass is 255 g/mol. The van der Waals surface area contributed by atoms with Crippen LogP contribution < -0.4 is 5.73 Å². The van der Waals surface area contributed by atoms with E-state index in [0.717, 1.165) is 18.9 Å². The van der Waals surface area contributed by atoms with Gasteiger partial charge < -0.3 is 15.4 Å². The fraction of sp³-hybridized carbons (Fsp3) is 1.00. The Kier molecular flexibility index (Phi) is 5.42. The van der Waals surface area contributed by atoms with Crippen LogP contribution in [0.15, 0.2) is 0 Å². The number of hydrogen-bond acceptors (Lipinski definition) is 4. The van der Waals surface area contributed by atoms with Gasteiger partial charge in [-0.25, -0.2) is 0 Å². The average molecular weight is 255 g/mol. The molecule has 2 atom stereocenters. The molecule has 2 rings (SSSR count). The molecule has 0 aromatic rings. The maximum absolute atomic E-state index is 5.92. The third kappa shape index (κ3) is 4.19. The van der Waals surface area contributed by atoms with Gasteiger partial charge in [-0.1, -0.05) is 13.8 Å². The number of piperazine rings is 1. The fourth-order valence-corrected chi connectivity index (χ4v) is 3.05. The number of ether oxygens (including phenoxy) is 1. The summed E-state index contributed by atoms with van der Waals surface area (Å²) < 4.78 is 5.92. The van der Waals surface area contributed by atoms with E-state index in [-0.39, 0.29) is 0 Å². The van der Waals surface area contributed by atoms with E-state index in [1.165, 1.54) is 39.1 Å². The van der Waals surface area contributed by atoms with Gasteiger partial charge >= 0.3 is 0 Å². The minimum atomic E-state index is 0.317. The van der Waals surface area contributed by atoms with E-state index in [1.54, 1.807) is 0 Å². The molecule has 2 heterocycles. The van der Waals surface area contributed by atoms with Crippen molar-refractivity contribution in [3.05, 3.63) is 0 Å². The normalized spacial score (nSPS) is 31.3. The summed E-state index contributed by atoms with van der Waals surface area (Å²) in [6, 6.07) is 0. The summed E-state index contributed by atoms with van der Waals surface area (Å²) in [5.41, 5.74) is 5.65. The highest BCUT2D eigenvalue weighted by Gasteiger charge is 2.27. The minimum absolute atomic E-state index is 0.317. The standard InChI is InChI=1S/C14H29N3O/c1-12(2)10-16-5-7-17(8-6-16)11-14-4-3-13(9-15)18-14/h12-14H,3-11,15H2,1-2H3/t13-,14+/m1/s1. The predicted molar refractivity (Wildman–Crippen MR) is 74.7 cm³/mol. The zero-order valence-corrected chi connectivity index (χ0v) is 12.0. The van der Waals surface area contributed by atoms with E-state index in [0.29, 0.717) is 18.8 Å². The van der Waals surface area contributed by atoms with Crippen LogP contribution in [0.3, 0.4) is 0 Å². The molecule has 4 nitrogen and oxygen atoms in total. The van der Waals surface area contributed by atoms with Gasteiger partial charge in [-0.15, -0.1) is 0 Å². The van der Waals surface area contributed by atoms with Gasteiger partial charge in [0, 0.05) is 45.8 Å². The van der Waals surface area contributed by atoms with Crippen LogP contribution in [0, 0.1) is 5.92 Å². The van der Waals surface area contributed by atoms with Crippen LogP contribution in [0.2, 0.25) is 0 Å². The summed E-state index contributed by atoms with van der Waals surface area (Å²) >= 11 is 0. The Balaban J connectivity index is 1.65. The molecule has 0 unspecified atom stereocenters. The molecule has 2 saturated heterocycles. The second-order valence-electron chi connectivity index (χ2n) is 6.19. The summed E-state index contributed by atoms with van der Waals surface area (Å²) in [7, 11) is 0. The van der Waals surface area contributed by atoms with Crippen LogP contribution in [0.4, 0.5) is 0 Å². The lowest BCUT2D eigenvalue weighted by molar-refractivity contribution is 0.0147. The van der Waals surface area contributed by atoms with E-state index in [4.69, 9.17) is 10.5 Å². The number of nitrogens with two attached hydrogens (primary N) is 1. The van der Waals surface area contributed by atoms with Crippen molar-refractivity contribution in [2.24, 2.45) is 11.7 Å². The van der Waals surface area contributed by atoms with Crippen LogP contribution >= 0.6 is 0 Å². The lowest BCUT2D eigenvalue weighted by Crippen LogP contribution is -2.49. The second kappa shape index (κ2) is 6.85. The van der Waals surface area contributed by atoms with E-state index in [2.05, 4.69) is 23.6 Å². The quantitative estimate of drug-likeness (QED) is 0.788. The van der Waals surface area contributed by atoms with Gasteiger partial charge in [0.2, 0.25) is 0 Å². The molecule has 2 N–H and O–H groups in total. The van der Waals surface area contributed by atoms with E-state index >= 15 is 0 Å². The van der Waals surface area contributed by atoms with Crippen LogP contribution in [-0.4, -0.2) is 67.8 Å². The zero-order valence-electron chi connectivity index (χ0n) is 12.0. The van der Waals surface area contributed by atoms with Crippen molar-refractivity contribution >= 4 is 0 Å². The van der Waals surface area contributed by atoms with Gasteiger partial charge in [0.1, 0.15) is 0 Å². The SMILES string of the molecule is CC(C)CN1CCN(C[C@@H]2CC[C@H](CN)O2)CC1. The van der Waals surface area contributed by atoms with Gasteiger partial charge in [-0.05, 0) is 18.8 Å². The number of nitrogens with zero attached hydrogens (tertiary/aromatic N) is 2. The first-order valence-corrected chi connectivity index (χ1v) is 7.47. The summed E-state index contributed by atoms with van der Waals surface area (Å²) in [4.78, 5) is 5.14. The van der Waals surface area contributed by atoms with Crippen molar-refractivity contribution in [1.29, 1.82) is 0 Å². The molecule has 0 aromatic carbocycles. The molecule has 0 spiro atoms. The Hall–Kier alpha value is -0.160. The van der Waals surface area contributed by atoms with Gasteiger partial charge in [0.05, 0.1) is 12.2 Å². The first-order chi connectivity index (χ1) is 8.67. The van der Waals surface area contributed by atoms with Crippen LogP contribution in [-0.2, 0) is 4.74 Å². The largest absolute Gasteiger partial charge is 0.372 e. The predicted octanol–water partition coefficient (Wildman–Crippen LogP) is 0.766. The lowest BCUT2D eigenvalue weighted by Gasteiger charge is -2.36. The minimum Gasteiger partial charge on any atom is -0.372 e. The molecule has 2 fully saturated rings. The highest BCUT2D eigenvalue weighted by Crippen LogP contribution is 2.20. The third-order valence-electron chi connectivity index (χ3n) is 4.01. The van der Waals surface area contributed by atoms with Gasteiger partial charge in [-0.2, -0.15) is 0 Å². The third-order valence-corrected chi connectivity index (χ3v) is 4.01. The molecule has 4 heteroatoms. The van der Waals surface area contributed by atoms with Gasteiger partial charge in [0.15, 0.2) is 0 Å². The molecule has 18 heavy (non-hydrogen) atoms. The molecular weight excluding hydrogens is 226 g/mol. The Morgan fingerprint density at radius 2 is 1.67 bits per heavy atom. The molecule has 0 radical (unpaired) electrons. The zero-order chi connectivity index (χ0) is 13.0. The van der Waals surface area contributed by atoms with Gasteiger partial charge in [0.25, 0.3) is 0 Å². The van der Waals surface area contributed by atoms with E-state index in [1.807, 2.05) is 0 Å². The van der Waals surface area contributed by atoms with Crippen molar-refractivity contribution in [2.45, 2.75) is 38.9 Å². The van der Waals surface area contributed by atoms with Crippen molar-refractivity contribution in [3.63, 3.8) is 0 Å². The molecule has 106 valence electrons. The van der Waals surface area contributed by atoms with E-state index in [9.17, 15) is 0 Å². The Morgan fingerprint density at radius 1 is 1.06 bits per heavy atom. The average Bonchev–Trinajstić information content (AvgIpc) is 2.79. The van der Waals surface area contributed by atoms with Crippen LogP contribution in [0.5, 0.6) is 0 Å². The van der Waals surface area contributed by atoms with Crippen molar-refractivity contribution in [2.75, 3.05) is 45.8 Å². The second-order valence-corrected chi connectivity index (χ2v) is 6.19. The number of rotatable bonds is 5. The summed E-state index contributed by atoms with van der Waals surface area (Å²) in [5.74, 6) is 0.778. The molecule has 2 aliphatic heterocycles. The Bertz CT molecular complexity index is 239. The molecule has 2 aliphatic rings. The maximum Gasteiger partial charge on any atom is 0.0707 e. The number of hydrogen-bond donors (Lipinski definition) is 1. The molecule has 0 aliphatic carbocycles. The summed E-state index contributed by atoms with van der Waals surface area (Å²) in [6.45, 7) is 12.4.